The Morgan fingerprint density at radius 3 is 2.61 bits per heavy atom. The van der Waals surface area contributed by atoms with E-state index in [-0.39, 0.29) is 11.5 Å². The summed E-state index contributed by atoms with van der Waals surface area (Å²) in [4.78, 5) is 5.37. The Kier molecular flexibility index (Phi) is 3.24. The van der Waals surface area contributed by atoms with E-state index in [1.165, 1.54) is 0 Å². The van der Waals surface area contributed by atoms with Gasteiger partial charge < -0.3 is 9.57 Å². The van der Waals surface area contributed by atoms with Crippen LogP contribution in [0.4, 0.5) is 0 Å². The van der Waals surface area contributed by atoms with Crippen LogP contribution >= 0.6 is 0 Å². The molecule has 0 unspecified atom stereocenters. The number of hydrogen-bond donors (Lipinski definition) is 0. The second kappa shape index (κ2) is 4.69. The summed E-state index contributed by atoms with van der Waals surface area (Å²) in [5, 5.41) is 12.9. The highest BCUT2D eigenvalue weighted by Crippen LogP contribution is 2.36. The first-order valence-corrected chi connectivity index (χ1v) is 5.85. The van der Waals surface area contributed by atoms with E-state index < -0.39 is 0 Å². The Morgan fingerprint density at radius 2 is 2.06 bits per heavy atom. The van der Waals surface area contributed by atoms with Crippen molar-refractivity contribution >= 4 is 5.71 Å². The van der Waals surface area contributed by atoms with Gasteiger partial charge in [-0.1, -0.05) is 19.0 Å². The quantitative estimate of drug-likeness (QED) is 0.821. The van der Waals surface area contributed by atoms with Crippen molar-refractivity contribution in [3.63, 3.8) is 0 Å². The van der Waals surface area contributed by atoms with Crippen LogP contribution in [-0.4, -0.2) is 18.9 Å². The average molecular weight is 244 g/mol. The number of rotatable bonds is 3. The molecule has 4 nitrogen and oxygen atoms in total. The van der Waals surface area contributed by atoms with E-state index in [9.17, 15) is 0 Å². The molecule has 1 atom stereocenters. The van der Waals surface area contributed by atoms with Crippen LogP contribution in [0.25, 0.3) is 0 Å². The minimum Gasteiger partial charge on any atom is -0.497 e. The van der Waals surface area contributed by atoms with Gasteiger partial charge in [-0.2, -0.15) is 5.26 Å². The molecular weight excluding hydrogens is 228 g/mol. The summed E-state index contributed by atoms with van der Waals surface area (Å²) in [6.07, 6.45) is 0.162. The van der Waals surface area contributed by atoms with Gasteiger partial charge in [-0.25, -0.2) is 0 Å². The van der Waals surface area contributed by atoms with Crippen molar-refractivity contribution in [1.82, 2.24) is 0 Å². The van der Waals surface area contributed by atoms with Crippen LogP contribution in [0.5, 0.6) is 5.75 Å². The van der Waals surface area contributed by atoms with Crippen molar-refractivity contribution in [1.29, 1.82) is 5.26 Å². The standard InChI is InChI=1S/C14H16N2O2/c1-14(2)12(8-9-15)18-16-13(14)10-4-6-11(17-3)7-5-10/h4-7,12H,8H2,1-3H3/t12-/m1/s1. The molecule has 0 spiro atoms. The molecule has 0 bridgehead atoms. The molecule has 4 heteroatoms. The van der Waals surface area contributed by atoms with E-state index in [0.717, 1.165) is 17.0 Å². The summed E-state index contributed by atoms with van der Waals surface area (Å²) < 4.78 is 5.13. The lowest BCUT2D eigenvalue weighted by Gasteiger charge is -2.24. The van der Waals surface area contributed by atoms with Gasteiger partial charge in [0.25, 0.3) is 0 Å². The number of methoxy groups -OCH3 is 1. The maximum Gasteiger partial charge on any atom is 0.151 e. The van der Waals surface area contributed by atoms with Crippen molar-refractivity contribution in [2.24, 2.45) is 10.6 Å². The predicted molar refractivity (Wildman–Crippen MR) is 68.4 cm³/mol. The summed E-state index contributed by atoms with van der Waals surface area (Å²) in [6, 6.07) is 9.84. The molecule has 1 aromatic rings. The Labute approximate surface area is 107 Å². The zero-order valence-electron chi connectivity index (χ0n) is 10.8. The first-order valence-electron chi connectivity index (χ1n) is 5.85. The third kappa shape index (κ3) is 2.04. The summed E-state index contributed by atoms with van der Waals surface area (Å²) in [5.74, 6) is 0.810. The largest absolute Gasteiger partial charge is 0.497 e. The van der Waals surface area contributed by atoms with Gasteiger partial charge in [-0.3, -0.25) is 0 Å². The zero-order valence-corrected chi connectivity index (χ0v) is 10.8. The first-order chi connectivity index (χ1) is 8.59. The van der Waals surface area contributed by atoms with Crippen LogP contribution in [0, 0.1) is 16.7 Å². The van der Waals surface area contributed by atoms with Crippen LogP contribution in [-0.2, 0) is 4.84 Å². The fourth-order valence-corrected chi connectivity index (χ4v) is 2.07. The Morgan fingerprint density at radius 1 is 1.39 bits per heavy atom. The highest BCUT2D eigenvalue weighted by Gasteiger charge is 2.42. The molecule has 0 saturated heterocycles. The summed E-state index contributed by atoms with van der Waals surface area (Å²) >= 11 is 0. The molecule has 0 aromatic heterocycles. The number of hydrogen-bond acceptors (Lipinski definition) is 4. The Hall–Kier alpha value is -2.02. The second-order valence-electron chi connectivity index (χ2n) is 4.85. The van der Waals surface area contributed by atoms with E-state index >= 15 is 0 Å². The highest BCUT2D eigenvalue weighted by atomic mass is 16.6. The number of benzene rings is 1. The van der Waals surface area contributed by atoms with E-state index in [2.05, 4.69) is 11.2 Å². The summed E-state index contributed by atoms with van der Waals surface area (Å²) in [5.41, 5.74) is 1.62. The summed E-state index contributed by atoms with van der Waals surface area (Å²) in [7, 11) is 1.64. The first kappa shape index (κ1) is 12.4. The van der Waals surface area contributed by atoms with Crippen LogP contribution in [0.3, 0.4) is 0 Å². The van der Waals surface area contributed by atoms with Crippen LogP contribution < -0.4 is 4.74 Å². The normalized spacial score (nSPS) is 20.8. The molecule has 1 aromatic carbocycles. The third-order valence-corrected chi connectivity index (χ3v) is 3.33. The number of oxime groups is 1. The van der Waals surface area contributed by atoms with Gasteiger partial charge >= 0.3 is 0 Å². The van der Waals surface area contributed by atoms with Gasteiger partial charge in [0.05, 0.1) is 30.7 Å². The predicted octanol–water partition coefficient (Wildman–Crippen LogP) is 2.74. The number of ether oxygens (including phenoxy) is 1. The Balaban J connectivity index is 2.26. The van der Waals surface area contributed by atoms with Crippen molar-refractivity contribution in [3.8, 4) is 11.8 Å². The lowest BCUT2D eigenvalue weighted by molar-refractivity contribution is 0.0403. The average Bonchev–Trinajstić information content (AvgIpc) is 2.66. The van der Waals surface area contributed by atoms with E-state index in [1.54, 1.807) is 7.11 Å². The second-order valence-corrected chi connectivity index (χ2v) is 4.85. The molecule has 0 aliphatic carbocycles. The van der Waals surface area contributed by atoms with Gasteiger partial charge in [0.1, 0.15) is 5.75 Å². The maximum absolute atomic E-state index is 8.79. The van der Waals surface area contributed by atoms with E-state index in [4.69, 9.17) is 14.8 Å². The molecule has 0 N–H and O–H groups in total. The lowest BCUT2D eigenvalue weighted by Crippen LogP contribution is -2.33. The molecule has 1 aliphatic rings. The summed E-state index contributed by atoms with van der Waals surface area (Å²) in [6.45, 7) is 4.09. The molecular formula is C14H16N2O2. The van der Waals surface area contributed by atoms with Gasteiger partial charge in [0.2, 0.25) is 0 Å². The molecule has 2 rings (SSSR count). The van der Waals surface area contributed by atoms with Crippen molar-refractivity contribution in [2.45, 2.75) is 26.4 Å². The van der Waals surface area contributed by atoms with Crippen LogP contribution in [0.15, 0.2) is 29.4 Å². The minimum absolute atomic E-state index is 0.181. The molecule has 0 fully saturated rings. The molecule has 0 amide bonds. The van der Waals surface area contributed by atoms with Gasteiger partial charge in [0.15, 0.2) is 6.10 Å². The van der Waals surface area contributed by atoms with Crippen molar-refractivity contribution < 1.29 is 9.57 Å². The van der Waals surface area contributed by atoms with Crippen molar-refractivity contribution in [3.05, 3.63) is 29.8 Å². The molecule has 0 radical (unpaired) electrons. The Bertz CT molecular complexity index is 498. The zero-order chi connectivity index (χ0) is 13.2. The molecule has 94 valence electrons. The lowest BCUT2D eigenvalue weighted by atomic mass is 9.78. The SMILES string of the molecule is COc1ccc(C2=NO[C@H](CC#N)C2(C)C)cc1. The highest BCUT2D eigenvalue weighted by molar-refractivity contribution is 6.05. The van der Waals surface area contributed by atoms with Gasteiger partial charge in [-0.15, -0.1) is 0 Å². The third-order valence-electron chi connectivity index (χ3n) is 3.33. The van der Waals surface area contributed by atoms with Gasteiger partial charge in [-0.05, 0) is 24.3 Å². The number of nitriles is 1. The number of nitrogens with zero attached hydrogens (tertiary/aromatic N) is 2. The van der Waals surface area contributed by atoms with Gasteiger partial charge in [0, 0.05) is 5.56 Å². The van der Waals surface area contributed by atoms with E-state index in [1.807, 2.05) is 38.1 Å². The van der Waals surface area contributed by atoms with E-state index in [0.29, 0.717) is 6.42 Å². The van der Waals surface area contributed by atoms with Crippen molar-refractivity contribution in [2.75, 3.05) is 7.11 Å². The fourth-order valence-electron chi connectivity index (χ4n) is 2.07. The van der Waals surface area contributed by atoms with Crippen LogP contribution in [0.2, 0.25) is 0 Å². The molecule has 18 heavy (non-hydrogen) atoms. The molecule has 0 saturated carbocycles. The maximum atomic E-state index is 8.79. The topological polar surface area (TPSA) is 54.6 Å². The van der Waals surface area contributed by atoms with Crippen LogP contribution in [0.1, 0.15) is 25.8 Å². The monoisotopic (exact) mass is 244 g/mol. The molecule has 1 heterocycles. The fraction of sp³-hybridized carbons (Fsp3) is 0.429. The minimum atomic E-state index is -0.260. The smallest absolute Gasteiger partial charge is 0.151 e. The molecule has 1 aliphatic heterocycles.